The van der Waals surface area contributed by atoms with Gasteiger partial charge in [-0.1, -0.05) is 42.8 Å². The normalized spacial score (nSPS) is 14.8. The summed E-state index contributed by atoms with van der Waals surface area (Å²) >= 11 is 0. The Morgan fingerprint density at radius 3 is 2.19 bits per heavy atom. The zero-order chi connectivity index (χ0) is 21.9. The van der Waals surface area contributed by atoms with Crippen molar-refractivity contribution in [1.29, 1.82) is 0 Å². The number of rotatable bonds is 8. The topological polar surface area (TPSA) is 68.8 Å². The van der Waals surface area contributed by atoms with Crippen molar-refractivity contribution in [3.05, 3.63) is 65.2 Å². The minimum absolute atomic E-state index is 0.0547. The van der Waals surface area contributed by atoms with E-state index < -0.39 is 0 Å². The van der Waals surface area contributed by atoms with Gasteiger partial charge in [-0.25, -0.2) is 0 Å². The summed E-state index contributed by atoms with van der Waals surface area (Å²) in [6.45, 7) is 6.56. The lowest BCUT2D eigenvalue weighted by Crippen LogP contribution is -2.37. The Balaban J connectivity index is 1.38. The summed E-state index contributed by atoms with van der Waals surface area (Å²) in [6.07, 6.45) is 4.92. The molecule has 1 saturated heterocycles. The Morgan fingerprint density at radius 1 is 0.903 bits per heavy atom. The molecule has 166 valence electrons. The number of guanidine groups is 1. The Hall–Kier alpha value is -2.86. The molecule has 1 fully saturated rings. The fraction of sp³-hybridized carbons (Fsp3) is 0.440. The van der Waals surface area contributed by atoms with Crippen LogP contribution >= 0.6 is 0 Å². The van der Waals surface area contributed by atoms with Crippen molar-refractivity contribution in [2.24, 2.45) is 4.99 Å². The molecule has 6 heteroatoms. The molecule has 0 aromatic heterocycles. The zero-order valence-corrected chi connectivity index (χ0v) is 18.8. The highest BCUT2D eigenvalue weighted by Gasteiger charge is 2.10. The van der Waals surface area contributed by atoms with E-state index in [1.165, 1.54) is 56.0 Å². The van der Waals surface area contributed by atoms with E-state index in [2.05, 4.69) is 50.1 Å². The maximum atomic E-state index is 11.1. The molecule has 0 saturated carbocycles. The van der Waals surface area contributed by atoms with Gasteiger partial charge in [-0.15, -0.1) is 0 Å². The second-order valence-electron chi connectivity index (χ2n) is 8.13. The van der Waals surface area contributed by atoms with Gasteiger partial charge in [0, 0.05) is 39.3 Å². The molecule has 1 aliphatic heterocycles. The van der Waals surface area contributed by atoms with Crippen molar-refractivity contribution in [3.8, 4) is 0 Å². The first kappa shape index (κ1) is 22.8. The Labute approximate surface area is 186 Å². The molecular formula is C25H35N5O. The van der Waals surface area contributed by atoms with E-state index in [4.69, 9.17) is 0 Å². The second-order valence-corrected chi connectivity index (χ2v) is 8.13. The highest BCUT2D eigenvalue weighted by atomic mass is 16.1. The molecule has 0 bridgehead atoms. The van der Waals surface area contributed by atoms with Gasteiger partial charge in [0.15, 0.2) is 5.96 Å². The third-order valence-corrected chi connectivity index (χ3v) is 5.54. The molecule has 0 spiro atoms. The molecule has 6 nitrogen and oxygen atoms in total. The van der Waals surface area contributed by atoms with Crippen molar-refractivity contribution >= 4 is 17.6 Å². The number of piperidine rings is 1. The summed E-state index contributed by atoms with van der Waals surface area (Å²) in [5.41, 5.74) is 4.67. The molecule has 2 aromatic carbocycles. The monoisotopic (exact) mass is 421 g/mol. The molecule has 0 unspecified atom stereocenters. The molecule has 3 rings (SSSR count). The van der Waals surface area contributed by atoms with Gasteiger partial charge in [-0.05, 0) is 61.2 Å². The molecule has 1 amide bonds. The summed E-state index contributed by atoms with van der Waals surface area (Å²) in [5.74, 6) is 0.744. The van der Waals surface area contributed by atoms with Crippen LogP contribution in [0.5, 0.6) is 0 Å². The molecule has 1 aliphatic rings. The predicted molar refractivity (Wildman–Crippen MR) is 128 cm³/mol. The van der Waals surface area contributed by atoms with Crippen molar-refractivity contribution in [1.82, 2.24) is 15.5 Å². The number of nitrogens with zero attached hydrogens (tertiary/aromatic N) is 2. The number of carbonyl (C=O) groups is 1. The number of carbonyl (C=O) groups excluding carboxylic acids is 1. The van der Waals surface area contributed by atoms with Crippen LogP contribution in [0.2, 0.25) is 0 Å². The SMILES string of the molecule is CN=C(NCCc1ccc(NC(C)=O)cc1)NCc1ccc(CN2CCCCC2)cc1. The number of nitrogens with one attached hydrogen (secondary N) is 3. The average Bonchev–Trinajstić information content (AvgIpc) is 2.78. The summed E-state index contributed by atoms with van der Waals surface area (Å²) < 4.78 is 0. The van der Waals surface area contributed by atoms with Gasteiger partial charge in [0.2, 0.25) is 5.91 Å². The lowest BCUT2D eigenvalue weighted by molar-refractivity contribution is -0.114. The van der Waals surface area contributed by atoms with Crippen molar-refractivity contribution < 1.29 is 4.79 Å². The van der Waals surface area contributed by atoms with Crippen LogP contribution in [0.4, 0.5) is 5.69 Å². The van der Waals surface area contributed by atoms with Gasteiger partial charge < -0.3 is 16.0 Å². The lowest BCUT2D eigenvalue weighted by atomic mass is 10.1. The van der Waals surface area contributed by atoms with Gasteiger partial charge >= 0.3 is 0 Å². The molecule has 0 aliphatic carbocycles. The largest absolute Gasteiger partial charge is 0.356 e. The maximum absolute atomic E-state index is 11.1. The number of hydrogen-bond acceptors (Lipinski definition) is 3. The van der Waals surface area contributed by atoms with E-state index in [0.29, 0.717) is 0 Å². The first-order valence-corrected chi connectivity index (χ1v) is 11.2. The molecule has 1 heterocycles. The van der Waals surface area contributed by atoms with Crippen LogP contribution in [0.1, 0.15) is 42.9 Å². The quantitative estimate of drug-likeness (QED) is 0.450. The first-order chi connectivity index (χ1) is 15.1. The third kappa shape index (κ3) is 8.06. The van der Waals surface area contributed by atoms with E-state index in [1.807, 2.05) is 24.3 Å². The minimum Gasteiger partial charge on any atom is -0.356 e. The number of hydrogen-bond donors (Lipinski definition) is 3. The van der Waals surface area contributed by atoms with Crippen LogP contribution in [0.25, 0.3) is 0 Å². The van der Waals surface area contributed by atoms with E-state index in [1.54, 1.807) is 7.05 Å². The fourth-order valence-corrected chi connectivity index (χ4v) is 3.83. The molecule has 0 radical (unpaired) electrons. The summed E-state index contributed by atoms with van der Waals surface area (Å²) in [6, 6.07) is 16.8. The van der Waals surface area contributed by atoms with E-state index in [0.717, 1.165) is 37.7 Å². The van der Waals surface area contributed by atoms with Crippen LogP contribution in [0, 0.1) is 0 Å². The summed E-state index contributed by atoms with van der Waals surface area (Å²) in [7, 11) is 1.79. The third-order valence-electron chi connectivity index (χ3n) is 5.54. The van der Waals surface area contributed by atoms with Crippen molar-refractivity contribution in [2.75, 3.05) is 32.0 Å². The smallest absolute Gasteiger partial charge is 0.221 e. The Bertz CT molecular complexity index is 839. The van der Waals surface area contributed by atoms with Gasteiger partial charge in [0.1, 0.15) is 0 Å². The van der Waals surface area contributed by atoms with Crippen LogP contribution in [-0.4, -0.2) is 43.4 Å². The number of likely N-dealkylation sites (tertiary alicyclic amines) is 1. The summed E-state index contributed by atoms with van der Waals surface area (Å²) in [5, 5.41) is 9.53. The standard InChI is InChI=1S/C25H35N5O/c1-20(31)29-24-12-10-21(11-13-24)14-15-27-25(26-2)28-18-22-6-8-23(9-7-22)19-30-16-4-3-5-17-30/h6-13H,3-5,14-19H2,1-2H3,(H,29,31)(H2,26,27,28). The average molecular weight is 422 g/mol. The Kier molecular flexibility index (Phi) is 8.91. The van der Waals surface area contributed by atoms with Crippen LogP contribution in [-0.2, 0) is 24.3 Å². The van der Waals surface area contributed by atoms with E-state index in [9.17, 15) is 4.79 Å². The van der Waals surface area contributed by atoms with Crippen LogP contribution in [0.3, 0.4) is 0 Å². The second kappa shape index (κ2) is 12.1. The molecule has 0 atom stereocenters. The van der Waals surface area contributed by atoms with Crippen molar-refractivity contribution in [3.63, 3.8) is 0 Å². The molecule has 2 aromatic rings. The first-order valence-electron chi connectivity index (χ1n) is 11.2. The van der Waals surface area contributed by atoms with Crippen LogP contribution < -0.4 is 16.0 Å². The minimum atomic E-state index is -0.0547. The number of aliphatic imine (C=N–C) groups is 1. The highest BCUT2D eigenvalue weighted by Crippen LogP contribution is 2.14. The van der Waals surface area contributed by atoms with Crippen molar-refractivity contribution in [2.45, 2.75) is 45.7 Å². The molecule has 31 heavy (non-hydrogen) atoms. The van der Waals surface area contributed by atoms with Gasteiger partial charge in [0.05, 0.1) is 0 Å². The van der Waals surface area contributed by atoms with Crippen LogP contribution in [0.15, 0.2) is 53.5 Å². The lowest BCUT2D eigenvalue weighted by Gasteiger charge is -2.26. The predicted octanol–water partition coefficient (Wildman–Crippen LogP) is 3.54. The Morgan fingerprint density at radius 2 is 1.55 bits per heavy atom. The zero-order valence-electron chi connectivity index (χ0n) is 18.8. The fourth-order valence-electron chi connectivity index (χ4n) is 3.83. The van der Waals surface area contributed by atoms with E-state index >= 15 is 0 Å². The number of anilines is 1. The van der Waals surface area contributed by atoms with E-state index in [-0.39, 0.29) is 5.91 Å². The number of benzene rings is 2. The van der Waals surface area contributed by atoms with Gasteiger partial charge in [0.25, 0.3) is 0 Å². The highest BCUT2D eigenvalue weighted by molar-refractivity contribution is 5.88. The van der Waals surface area contributed by atoms with Gasteiger partial charge in [-0.2, -0.15) is 0 Å². The molecule has 3 N–H and O–H groups in total. The summed E-state index contributed by atoms with van der Waals surface area (Å²) in [4.78, 5) is 18.0. The molecular weight excluding hydrogens is 386 g/mol. The maximum Gasteiger partial charge on any atom is 0.221 e. The van der Waals surface area contributed by atoms with Gasteiger partial charge in [-0.3, -0.25) is 14.7 Å². The number of amides is 1.